The highest BCUT2D eigenvalue weighted by Gasteiger charge is 2.27. The Morgan fingerprint density at radius 3 is 2.29 bits per heavy atom. The number of hydrogen-bond donors (Lipinski definition) is 1. The lowest BCUT2D eigenvalue weighted by Gasteiger charge is -2.32. The Morgan fingerprint density at radius 2 is 1.59 bits per heavy atom. The molecule has 0 radical (unpaired) electrons. The van der Waals surface area contributed by atoms with E-state index in [1.165, 1.54) is 12.1 Å². The summed E-state index contributed by atoms with van der Waals surface area (Å²) in [6.07, 6.45) is 3.03. The number of methoxy groups -OCH3 is 1. The monoisotopic (exact) mass is 458 g/mol. The van der Waals surface area contributed by atoms with E-state index in [0.717, 1.165) is 11.1 Å². The van der Waals surface area contributed by atoms with Crippen LogP contribution in [0.3, 0.4) is 0 Å². The molecule has 4 rings (SSSR count). The van der Waals surface area contributed by atoms with Crippen molar-refractivity contribution in [3.63, 3.8) is 0 Å². The zero-order valence-corrected chi connectivity index (χ0v) is 19.0. The number of para-hydroxylation sites is 1. The fourth-order valence-corrected chi connectivity index (χ4v) is 4.13. The van der Waals surface area contributed by atoms with Crippen LogP contribution in [-0.2, 0) is 4.79 Å². The first kappa shape index (κ1) is 23.2. The maximum atomic E-state index is 14.0. The number of nitrogens with zero attached hydrogens (tertiary/aromatic N) is 1. The third-order valence-corrected chi connectivity index (χ3v) is 5.99. The summed E-state index contributed by atoms with van der Waals surface area (Å²) in [7, 11) is 1.60. The van der Waals surface area contributed by atoms with Crippen LogP contribution in [0.2, 0.25) is 0 Å². The van der Waals surface area contributed by atoms with Crippen LogP contribution < -0.4 is 10.1 Å². The van der Waals surface area contributed by atoms with Crippen molar-refractivity contribution < 1.29 is 18.7 Å². The normalized spacial score (nSPS) is 14.5. The Kier molecular flexibility index (Phi) is 7.38. The van der Waals surface area contributed by atoms with Crippen LogP contribution >= 0.6 is 0 Å². The highest BCUT2D eigenvalue weighted by Crippen LogP contribution is 2.25. The molecule has 0 aromatic heterocycles. The van der Waals surface area contributed by atoms with Gasteiger partial charge >= 0.3 is 0 Å². The summed E-state index contributed by atoms with van der Waals surface area (Å²) in [6, 6.07) is 23.0. The molecule has 2 amide bonds. The molecule has 0 aliphatic carbocycles. The van der Waals surface area contributed by atoms with Crippen LogP contribution in [0.15, 0.2) is 78.9 Å². The molecule has 1 N–H and O–H groups in total. The second kappa shape index (κ2) is 10.8. The molecule has 1 aliphatic rings. The van der Waals surface area contributed by atoms with Crippen molar-refractivity contribution >= 4 is 23.5 Å². The van der Waals surface area contributed by atoms with E-state index in [2.05, 4.69) is 5.32 Å². The van der Waals surface area contributed by atoms with E-state index < -0.39 is 5.82 Å². The summed E-state index contributed by atoms with van der Waals surface area (Å²) in [4.78, 5) is 27.7. The van der Waals surface area contributed by atoms with Gasteiger partial charge in [-0.2, -0.15) is 0 Å². The predicted octanol–water partition coefficient (Wildman–Crippen LogP) is 4.80. The first-order valence-electron chi connectivity index (χ1n) is 11.3. The number of hydrogen-bond acceptors (Lipinski definition) is 3. The third kappa shape index (κ3) is 5.34. The van der Waals surface area contributed by atoms with E-state index >= 15 is 0 Å². The first-order valence-corrected chi connectivity index (χ1v) is 11.3. The molecule has 5 nitrogen and oxygen atoms in total. The zero-order chi connectivity index (χ0) is 23.9. The molecule has 1 saturated heterocycles. The van der Waals surface area contributed by atoms with Crippen LogP contribution in [0.25, 0.3) is 11.6 Å². The van der Waals surface area contributed by atoms with Crippen molar-refractivity contribution in [1.82, 2.24) is 10.2 Å². The van der Waals surface area contributed by atoms with Gasteiger partial charge < -0.3 is 15.0 Å². The zero-order valence-electron chi connectivity index (χ0n) is 19.0. The van der Waals surface area contributed by atoms with E-state index in [9.17, 15) is 14.0 Å². The summed E-state index contributed by atoms with van der Waals surface area (Å²) in [5.41, 5.74) is 2.23. The third-order valence-electron chi connectivity index (χ3n) is 5.99. The smallest absolute Gasteiger partial charge is 0.256 e. The van der Waals surface area contributed by atoms with Gasteiger partial charge in [0.1, 0.15) is 11.6 Å². The molecular formula is C28H27FN2O3. The number of likely N-dealkylation sites (tertiary alicyclic amines) is 1. The summed E-state index contributed by atoms with van der Waals surface area (Å²) in [5.74, 6) is -0.333. The summed E-state index contributed by atoms with van der Waals surface area (Å²) < 4.78 is 19.5. The Hall–Kier alpha value is -3.93. The second-order valence-corrected chi connectivity index (χ2v) is 8.19. The van der Waals surface area contributed by atoms with Crippen LogP contribution in [0, 0.1) is 5.82 Å². The topological polar surface area (TPSA) is 58.6 Å². The van der Waals surface area contributed by atoms with Crippen LogP contribution in [0.1, 0.15) is 34.3 Å². The molecule has 1 fully saturated rings. The maximum absolute atomic E-state index is 14.0. The number of halogens is 1. The van der Waals surface area contributed by atoms with Gasteiger partial charge in [-0.25, -0.2) is 4.39 Å². The Bertz CT molecular complexity index is 1190. The van der Waals surface area contributed by atoms with Crippen molar-refractivity contribution in [3.05, 3.63) is 101 Å². The molecular weight excluding hydrogens is 431 g/mol. The minimum absolute atomic E-state index is 0.0797. The molecule has 0 unspecified atom stereocenters. The van der Waals surface area contributed by atoms with Gasteiger partial charge in [-0.05, 0) is 42.7 Å². The number of piperidine rings is 1. The lowest BCUT2D eigenvalue weighted by molar-refractivity contribution is -0.116. The number of benzene rings is 3. The minimum Gasteiger partial charge on any atom is -0.496 e. The Balaban J connectivity index is 1.47. The Labute approximate surface area is 198 Å². The van der Waals surface area contributed by atoms with E-state index in [4.69, 9.17) is 4.74 Å². The van der Waals surface area contributed by atoms with Crippen LogP contribution in [0.5, 0.6) is 5.75 Å². The average Bonchev–Trinajstić information content (AvgIpc) is 2.88. The SMILES string of the molecule is COc1ccccc1/C=C(/C(=O)NC1CCN(C(=O)c2ccccc2F)CC1)c1ccccc1. The molecule has 34 heavy (non-hydrogen) atoms. The highest BCUT2D eigenvalue weighted by molar-refractivity contribution is 6.24. The Morgan fingerprint density at radius 1 is 0.941 bits per heavy atom. The van der Waals surface area contributed by atoms with Crippen molar-refractivity contribution in [2.45, 2.75) is 18.9 Å². The second-order valence-electron chi connectivity index (χ2n) is 8.19. The summed E-state index contributed by atoms with van der Waals surface area (Å²) in [6.45, 7) is 0.907. The number of rotatable bonds is 6. The largest absolute Gasteiger partial charge is 0.496 e. The summed E-state index contributed by atoms with van der Waals surface area (Å²) in [5, 5.41) is 3.13. The lowest BCUT2D eigenvalue weighted by atomic mass is 9.99. The highest BCUT2D eigenvalue weighted by atomic mass is 19.1. The molecule has 6 heteroatoms. The van der Waals surface area contributed by atoms with Crippen LogP contribution in [0.4, 0.5) is 4.39 Å². The first-order chi connectivity index (χ1) is 16.6. The van der Waals surface area contributed by atoms with Gasteiger partial charge in [0.05, 0.1) is 12.7 Å². The van der Waals surface area contributed by atoms with Gasteiger partial charge in [0.15, 0.2) is 0 Å². The number of amides is 2. The van der Waals surface area contributed by atoms with E-state index in [1.54, 1.807) is 24.1 Å². The van der Waals surface area contributed by atoms with Crippen molar-refractivity contribution in [2.75, 3.05) is 20.2 Å². The molecule has 174 valence electrons. The standard InChI is InChI=1S/C28H27FN2O3/c1-34-26-14-8-5-11-21(26)19-24(20-9-3-2-4-10-20)27(32)30-22-15-17-31(18-16-22)28(33)23-12-6-7-13-25(23)29/h2-14,19,22H,15-18H2,1H3,(H,30,32)/b24-19+. The molecule has 0 saturated carbocycles. The van der Waals surface area contributed by atoms with Gasteiger partial charge in [-0.3, -0.25) is 9.59 Å². The molecule has 0 bridgehead atoms. The summed E-state index contributed by atoms with van der Waals surface area (Å²) >= 11 is 0. The number of ether oxygens (including phenoxy) is 1. The van der Waals surface area contributed by atoms with E-state index in [-0.39, 0.29) is 23.4 Å². The number of carbonyl (C=O) groups excluding carboxylic acids is 2. The van der Waals surface area contributed by atoms with Gasteiger partial charge in [-0.15, -0.1) is 0 Å². The molecule has 0 spiro atoms. The lowest BCUT2D eigenvalue weighted by Crippen LogP contribution is -2.46. The van der Waals surface area contributed by atoms with Crippen molar-refractivity contribution in [1.29, 1.82) is 0 Å². The molecule has 1 heterocycles. The number of nitrogens with one attached hydrogen (secondary N) is 1. The van der Waals surface area contributed by atoms with Crippen molar-refractivity contribution in [2.24, 2.45) is 0 Å². The molecule has 1 aliphatic heterocycles. The fourth-order valence-electron chi connectivity index (χ4n) is 4.13. The molecule has 3 aromatic carbocycles. The van der Waals surface area contributed by atoms with Crippen molar-refractivity contribution in [3.8, 4) is 5.75 Å². The van der Waals surface area contributed by atoms with Gasteiger partial charge in [0.2, 0.25) is 0 Å². The average molecular weight is 459 g/mol. The number of carbonyl (C=O) groups is 2. The van der Waals surface area contributed by atoms with Crippen LogP contribution in [-0.4, -0.2) is 43.0 Å². The predicted molar refractivity (Wildman–Crippen MR) is 131 cm³/mol. The maximum Gasteiger partial charge on any atom is 0.256 e. The van der Waals surface area contributed by atoms with E-state index in [1.807, 2.05) is 60.7 Å². The van der Waals surface area contributed by atoms with E-state index in [0.29, 0.717) is 37.3 Å². The quantitative estimate of drug-likeness (QED) is 0.427. The molecule has 3 aromatic rings. The van der Waals surface area contributed by atoms with Gasteiger partial charge in [0, 0.05) is 30.3 Å². The minimum atomic E-state index is -0.517. The fraction of sp³-hybridized carbons (Fsp3) is 0.214. The van der Waals surface area contributed by atoms with Gasteiger partial charge in [-0.1, -0.05) is 60.7 Å². The van der Waals surface area contributed by atoms with Gasteiger partial charge in [0.25, 0.3) is 11.8 Å². The molecule has 0 atom stereocenters.